The van der Waals surface area contributed by atoms with Gasteiger partial charge in [-0.05, 0) is 25.2 Å². The Morgan fingerprint density at radius 2 is 2.09 bits per heavy atom. The summed E-state index contributed by atoms with van der Waals surface area (Å²) in [5.41, 5.74) is 0.535. The summed E-state index contributed by atoms with van der Waals surface area (Å²) in [7, 11) is 0. The van der Waals surface area contributed by atoms with E-state index in [1.54, 1.807) is 0 Å². The number of nitrogens with one attached hydrogen (secondary N) is 1. The number of aliphatic hydroxyl groups excluding tert-OH is 1. The van der Waals surface area contributed by atoms with Gasteiger partial charge in [-0.3, -0.25) is 0 Å². The maximum absolute atomic E-state index is 8.77. The van der Waals surface area contributed by atoms with Gasteiger partial charge in [-0.2, -0.15) is 0 Å². The second-order valence-corrected chi connectivity index (χ2v) is 4.52. The molecule has 2 N–H and O–H groups in total. The van der Waals surface area contributed by atoms with Gasteiger partial charge in [0.15, 0.2) is 0 Å². The van der Waals surface area contributed by atoms with Crippen LogP contribution in [0.2, 0.25) is 0 Å². The summed E-state index contributed by atoms with van der Waals surface area (Å²) in [6.45, 7) is 6.84. The van der Waals surface area contributed by atoms with Gasteiger partial charge in [0.25, 0.3) is 0 Å². The van der Waals surface area contributed by atoms with Crippen molar-refractivity contribution in [2.75, 3.05) is 6.61 Å². The molecule has 66 valence electrons. The fourth-order valence-electron chi connectivity index (χ4n) is 1.85. The molecule has 1 aliphatic carbocycles. The van der Waals surface area contributed by atoms with Gasteiger partial charge in [-0.25, -0.2) is 0 Å². The quantitative estimate of drug-likeness (QED) is 0.644. The van der Waals surface area contributed by atoms with Crippen molar-refractivity contribution >= 4 is 0 Å². The van der Waals surface area contributed by atoms with E-state index in [0.29, 0.717) is 11.5 Å². The molecule has 2 heteroatoms. The largest absolute Gasteiger partial charge is 0.395 e. The first-order valence-corrected chi connectivity index (χ1v) is 4.40. The first-order valence-electron chi connectivity index (χ1n) is 4.40. The van der Waals surface area contributed by atoms with Gasteiger partial charge in [0.1, 0.15) is 0 Å². The lowest BCUT2D eigenvalue weighted by atomic mass is 9.68. The van der Waals surface area contributed by atoms with Crippen LogP contribution in [0.15, 0.2) is 0 Å². The van der Waals surface area contributed by atoms with E-state index in [0.717, 1.165) is 0 Å². The molecule has 0 radical (unpaired) electrons. The molecule has 0 saturated heterocycles. The Morgan fingerprint density at radius 1 is 1.55 bits per heavy atom. The zero-order chi connectivity index (χ0) is 8.48. The molecule has 0 amide bonds. The topological polar surface area (TPSA) is 32.3 Å². The SMILES string of the molecule is CC(CO)NC1CC(C)(C)C1. The Labute approximate surface area is 69.0 Å². The molecule has 11 heavy (non-hydrogen) atoms. The van der Waals surface area contributed by atoms with E-state index in [4.69, 9.17) is 5.11 Å². The molecule has 0 aromatic rings. The smallest absolute Gasteiger partial charge is 0.0582 e. The third-order valence-corrected chi connectivity index (χ3v) is 2.39. The predicted octanol–water partition coefficient (Wildman–Crippen LogP) is 1.15. The fraction of sp³-hybridized carbons (Fsp3) is 1.00. The lowest BCUT2D eigenvalue weighted by Gasteiger charge is -2.44. The van der Waals surface area contributed by atoms with Crippen molar-refractivity contribution in [3.63, 3.8) is 0 Å². The Hall–Kier alpha value is -0.0800. The van der Waals surface area contributed by atoms with Crippen LogP contribution in [0.1, 0.15) is 33.6 Å². The summed E-state index contributed by atoms with van der Waals surface area (Å²) in [4.78, 5) is 0. The number of hydrogen-bond acceptors (Lipinski definition) is 2. The van der Waals surface area contributed by atoms with Crippen molar-refractivity contribution in [1.29, 1.82) is 0 Å². The summed E-state index contributed by atoms with van der Waals surface area (Å²) in [6.07, 6.45) is 2.49. The second kappa shape index (κ2) is 3.11. The number of rotatable bonds is 3. The van der Waals surface area contributed by atoms with Crippen LogP contribution in [-0.4, -0.2) is 23.8 Å². The van der Waals surface area contributed by atoms with E-state index in [9.17, 15) is 0 Å². The molecule has 0 bridgehead atoms. The number of aliphatic hydroxyl groups is 1. The van der Waals surface area contributed by atoms with E-state index in [2.05, 4.69) is 19.2 Å². The lowest BCUT2D eigenvalue weighted by Crippen LogP contribution is -2.49. The summed E-state index contributed by atoms with van der Waals surface area (Å²) in [5.74, 6) is 0. The second-order valence-electron chi connectivity index (χ2n) is 4.52. The highest BCUT2D eigenvalue weighted by molar-refractivity contribution is 4.92. The Kier molecular flexibility index (Phi) is 2.55. The van der Waals surface area contributed by atoms with Crippen LogP contribution in [0, 0.1) is 5.41 Å². The minimum absolute atomic E-state index is 0.247. The maximum atomic E-state index is 8.77. The minimum Gasteiger partial charge on any atom is -0.395 e. The van der Waals surface area contributed by atoms with Gasteiger partial charge in [-0.15, -0.1) is 0 Å². The highest BCUT2D eigenvalue weighted by atomic mass is 16.3. The lowest BCUT2D eigenvalue weighted by molar-refractivity contribution is 0.107. The van der Waals surface area contributed by atoms with E-state index in [-0.39, 0.29) is 12.6 Å². The molecule has 1 aliphatic rings. The molecule has 1 unspecified atom stereocenters. The minimum atomic E-state index is 0.247. The standard InChI is InChI=1S/C9H19NO/c1-7(6-11)10-8-4-9(2,3)5-8/h7-8,10-11H,4-6H2,1-3H3. The van der Waals surface area contributed by atoms with Crippen LogP contribution in [-0.2, 0) is 0 Å². The van der Waals surface area contributed by atoms with Crippen LogP contribution in [0.4, 0.5) is 0 Å². The van der Waals surface area contributed by atoms with E-state index < -0.39 is 0 Å². The Bertz CT molecular complexity index is 126. The van der Waals surface area contributed by atoms with E-state index >= 15 is 0 Å². The molecule has 1 atom stereocenters. The first-order chi connectivity index (χ1) is 5.03. The van der Waals surface area contributed by atoms with Crippen molar-refractivity contribution < 1.29 is 5.11 Å². The van der Waals surface area contributed by atoms with Crippen molar-refractivity contribution in [2.45, 2.75) is 45.7 Å². The van der Waals surface area contributed by atoms with Crippen LogP contribution >= 0.6 is 0 Å². The highest BCUT2D eigenvalue weighted by Crippen LogP contribution is 2.39. The van der Waals surface area contributed by atoms with Crippen molar-refractivity contribution in [1.82, 2.24) is 5.32 Å². The third-order valence-electron chi connectivity index (χ3n) is 2.39. The molecule has 2 nitrogen and oxygen atoms in total. The summed E-state index contributed by atoms with van der Waals surface area (Å²) in [5, 5.41) is 12.1. The maximum Gasteiger partial charge on any atom is 0.0582 e. The molecule has 0 aromatic heterocycles. The summed E-state index contributed by atoms with van der Waals surface area (Å²) < 4.78 is 0. The third kappa shape index (κ3) is 2.46. The average molecular weight is 157 g/mol. The van der Waals surface area contributed by atoms with Crippen molar-refractivity contribution in [2.24, 2.45) is 5.41 Å². The summed E-state index contributed by atoms with van der Waals surface area (Å²) >= 11 is 0. The van der Waals surface area contributed by atoms with Gasteiger partial charge in [0.2, 0.25) is 0 Å². The Balaban J connectivity index is 2.13. The van der Waals surface area contributed by atoms with Gasteiger partial charge < -0.3 is 10.4 Å². The van der Waals surface area contributed by atoms with Crippen LogP contribution in [0.5, 0.6) is 0 Å². The normalized spacial score (nSPS) is 26.2. The van der Waals surface area contributed by atoms with Gasteiger partial charge in [0, 0.05) is 12.1 Å². The fourth-order valence-corrected chi connectivity index (χ4v) is 1.85. The predicted molar refractivity (Wildman–Crippen MR) is 46.5 cm³/mol. The molecular weight excluding hydrogens is 138 g/mol. The first kappa shape index (κ1) is 9.01. The van der Waals surface area contributed by atoms with E-state index in [1.165, 1.54) is 12.8 Å². The van der Waals surface area contributed by atoms with Crippen molar-refractivity contribution in [3.05, 3.63) is 0 Å². The zero-order valence-corrected chi connectivity index (χ0v) is 7.72. The van der Waals surface area contributed by atoms with Gasteiger partial charge in [-0.1, -0.05) is 13.8 Å². The number of hydrogen-bond donors (Lipinski definition) is 2. The molecule has 0 aromatic carbocycles. The highest BCUT2D eigenvalue weighted by Gasteiger charge is 2.35. The molecule has 0 heterocycles. The molecule has 0 aliphatic heterocycles. The average Bonchev–Trinajstić information content (AvgIpc) is 1.83. The summed E-state index contributed by atoms with van der Waals surface area (Å²) in [6, 6.07) is 0.906. The molecule has 1 saturated carbocycles. The van der Waals surface area contributed by atoms with E-state index in [1.807, 2.05) is 6.92 Å². The molecule has 1 rings (SSSR count). The van der Waals surface area contributed by atoms with Gasteiger partial charge >= 0.3 is 0 Å². The monoisotopic (exact) mass is 157 g/mol. The Morgan fingerprint density at radius 3 is 2.45 bits per heavy atom. The van der Waals surface area contributed by atoms with Gasteiger partial charge in [0.05, 0.1) is 6.61 Å². The molecule has 0 spiro atoms. The van der Waals surface area contributed by atoms with Crippen LogP contribution in [0.25, 0.3) is 0 Å². The van der Waals surface area contributed by atoms with Crippen LogP contribution < -0.4 is 5.32 Å². The zero-order valence-electron chi connectivity index (χ0n) is 7.72. The molecule has 1 fully saturated rings. The van der Waals surface area contributed by atoms with Crippen LogP contribution in [0.3, 0.4) is 0 Å². The van der Waals surface area contributed by atoms with Crippen molar-refractivity contribution in [3.8, 4) is 0 Å². The molecular formula is C9H19NO.